The van der Waals surface area contributed by atoms with E-state index in [0.717, 1.165) is 0 Å². The molecule has 1 aromatic rings. The van der Waals surface area contributed by atoms with Crippen molar-refractivity contribution < 1.29 is 57.0 Å². The average Bonchev–Trinajstić information content (AvgIpc) is 2.66. The summed E-state index contributed by atoms with van der Waals surface area (Å²) in [7, 11) is -5.11. The van der Waals surface area contributed by atoms with E-state index in [1.54, 1.807) is 30.3 Å². The van der Waals surface area contributed by atoms with Crippen LogP contribution in [0.5, 0.6) is 0 Å². The molecule has 164 valence electrons. The zero-order chi connectivity index (χ0) is 21.8. The molecule has 29 heavy (non-hydrogen) atoms. The number of aliphatic hydroxyl groups is 4. The molecule has 0 amide bonds. The number of carbonyl (C=O) groups is 1. The summed E-state index contributed by atoms with van der Waals surface area (Å²) in [4.78, 5) is 11.8. The molecular weight excluding hydrogens is 416 g/mol. The van der Waals surface area contributed by atoms with Gasteiger partial charge >= 0.3 is 16.4 Å². The lowest BCUT2D eigenvalue weighted by Gasteiger charge is -2.44. The van der Waals surface area contributed by atoms with Gasteiger partial charge in [0.05, 0.1) is 19.3 Å². The molecule has 1 aliphatic heterocycles. The highest BCUT2D eigenvalue weighted by atomic mass is 32.3. The van der Waals surface area contributed by atoms with E-state index in [2.05, 4.69) is 4.18 Å². The van der Waals surface area contributed by atoms with Gasteiger partial charge in [-0.25, -0.2) is 8.98 Å². The van der Waals surface area contributed by atoms with Gasteiger partial charge in [0.1, 0.15) is 24.4 Å². The molecule has 1 heterocycles. The molecule has 1 aliphatic rings. The van der Waals surface area contributed by atoms with Crippen molar-refractivity contribution in [2.24, 2.45) is 0 Å². The summed E-state index contributed by atoms with van der Waals surface area (Å²) in [5, 5.41) is 49.3. The van der Waals surface area contributed by atoms with Crippen LogP contribution in [0.25, 0.3) is 0 Å². The van der Waals surface area contributed by atoms with Gasteiger partial charge in [-0.05, 0) is 5.56 Å². The van der Waals surface area contributed by atoms with Crippen LogP contribution in [-0.2, 0) is 35.5 Å². The van der Waals surface area contributed by atoms with Crippen molar-refractivity contribution in [1.29, 1.82) is 0 Å². The fourth-order valence-electron chi connectivity index (χ4n) is 2.85. The van der Waals surface area contributed by atoms with Crippen molar-refractivity contribution in [2.75, 3.05) is 6.61 Å². The van der Waals surface area contributed by atoms with Crippen LogP contribution in [0.15, 0.2) is 30.3 Å². The summed E-state index contributed by atoms with van der Waals surface area (Å²) < 4.78 is 45.2. The normalized spacial score (nSPS) is 29.9. The smallest absolute Gasteiger partial charge is 0.397 e. The predicted octanol–water partition coefficient (Wildman–Crippen LogP) is -1.96. The number of benzene rings is 1. The number of aliphatic hydroxyl groups excluding tert-OH is 4. The number of carboxylic acid groups (broad SMARTS) is 1. The molecule has 0 radical (unpaired) electrons. The number of aliphatic carboxylic acids is 1. The highest BCUT2D eigenvalue weighted by Crippen LogP contribution is 2.34. The Labute approximate surface area is 165 Å². The van der Waals surface area contributed by atoms with Crippen LogP contribution in [0.1, 0.15) is 12.0 Å². The number of carboxylic acids is 1. The number of rotatable bonds is 9. The molecule has 6 atom stereocenters. The number of ether oxygens (including phenoxy) is 2. The van der Waals surface area contributed by atoms with Gasteiger partial charge in [-0.15, -0.1) is 0 Å². The Hall–Kier alpha value is -1.68. The van der Waals surface area contributed by atoms with Gasteiger partial charge in [-0.1, -0.05) is 30.3 Å². The molecule has 0 spiro atoms. The minimum Gasteiger partial charge on any atom is -0.477 e. The van der Waals surface area contributed by atoms with Gasteiger partial charge in [-0.2, -0.15) is 8.42 Å². The van der Waals surface area contributed by atoms with Crippen molar-refractivity contribution in [3.8, 4) is 0 Å². The quantitative estimate of drug-likeness (QED) is 0.233. The topological polar surface area (TPSA) is 200 Å². The molecule has 0 saturated carbocycles. The summed E-state index contributed by atoms with van der Waals surface area (Å²) in [5.41, 5.74) is 0.567. The van der Waals surface area contributed by atoms with Crippen molar-refractivity contribution >= 4 is 16.4 Å². The maximum absolute atomic E-state index is 11.8. The Kier molecular flexibility index (Phi) is 7.67. The van der Waals surface area contributed by atoms with E-state index in [1.165, 1.54) is 0 Å². The van der Waals surface area contributed by atoms with Crippen LogP contribution in [0.2, 0.25) is 0 Å². The van der Waals surface area contributed by atoms with Crippen molar-refractivity contribution in [2.45, 2.75) is 49.3 Å². The Morgan fingerprint density at radius 2 is 1.90 bits per heavy atom. The average molecular weight is 438 g/mol. The monoisotopic (exact) mass is 438 g/mol. The summed E-state index contributed by atoms with van der Waals surface area (Å²) in [6, 6.07) is 8.36. The molecule has 6 N–H and O–H groups in total. The zero-order valence-electron chi connectivity index (χ0n) is 14.9. The second-order valence-electron chi connectivity index (χ2n) is 6.41. The second kappa shape index (κ2) is 9.42. The lowest BCUT2D eigenvalue weighted by atomic mass is 9.90. The first-order valence-electron chi connectivity index (χ1n) is 8.39. The molecule has 1 fully saturated rings. The number of hydrogen-bond donors (Lipinski definition) is 6. The van der Waals surface area contributed by atoms with Gasteiger partial charge in [0.25, 0.3) is 5.79 Å². The van der Waals surface area contributed by atoms with Crippen LogP contribution < -0.4 is 0 Å². The van der Waals surface area contributed by atoms with Gasteiger partial charge < -0.3 is 35.0 Å². The summed E-state index contributed by atoms with van der Waals surface area (Å²) in [6.07, 6.45) is -10.5. The first kappa shape index (κ1) is 23.6. The SMILES string of the molecule is O=C(O)[C@@]1(OCc2ccccc2)C[C@H](O)[C@@H](O)[C@H]([C@H](O)[C@@H](CO)OS(=O)(=O)O)O1. The first-order chi connectivity index (χ1) is 13.5. The molecule has 0 aliphatic carbocycles. The van der Waals surface area contributed by atoms with Crippen LogP contribution in [-0.4, -0.2) is 87.4 Å². The van der Waals surface area contributed by atoms with E-state index in [0.29, 0.717) is 5.56 Å². The molecule has 2 rings (SSSR count). The van der Waals surface area contributed by atoms with Crippen molar-refractivity contribution in [1.82, 2.24) is 0 Å². The first-order valence-corrected chi connectivity index (χ1v) is 9.75. The molecule has 0 unspecified atom stereocenters. The minimum absolute atomic E-state index is 0.260. The lowest BCUT2D eigenvalue weighted by Crippen LogP contribution is -2.64. The van der Waals surface area contributed by atoms with Crippen molar-refractivity contribution in [3.63, 3.8) is 0 Å². The third-order valence-corrected chi connectivity index (χ3v) is 4.81. The standard InChI is InChI=1S/C16H22O12S/c17-7-11(28-29(23,24)25)13(20)14-12(19)10(18)6-16(27-14,15(21)22)26-8-9-4-2-1-3-5-9/h1-5,10-14,17-20H,6-8H2,(H,21,22)(H,23,24,25)/t10-,11+,12+,13+,14+,16+/m0/s1. The van der Waals surface area contributed by atoms with Gasteiger partial charge in [0.15, 0.2) is 0 Å². The fraction of sp³-hybridized carbons (Fsp3) is 0.562. The molecular formula is C16H22O12S. The third kappa shape index (κ3) is 5.91. The summed E-state index contributed by atoms with van der Waals surface area (Å²) >= 11 is 0. The van der Waals surface area contributed by atoms with Crippen molar-refractivity contribution in [3.05, 3.63) is 35.9 Å². The molecule has 0 aromatic heterocycles. The molecule has 1 saturated heterocycles. The van der Waals surface area contributed by atoms with Crippen LogP contribution >= 0.6 is 0 Å². The predicted molar refractivity (Wildman–Crippen MR) is 92.6 cm³/mol. The molecule has 1 aromatic carbocycles. The maximum Gasteiger partial charge on any atom is 0.397 e. The molecule has 0 bridgehead atoms. The van der Waals surface area contributed by atoms with Gasteiger partial charge in [0, 0.05) is 6.42 Å². The summed E-state index contributed by atoms with van der Waals surface area (Å²) in [5.74, 6) is -4.18. The highest BCUT2D eigenvalue weighted by molar-refractivity contribution is 7.80. The highest BCUT2D eigenvalue weighted by Gasteiger charge is 2.55. The van der Waals surface area contributed by atoms with E-state index < -0.39 is 65.7 Å². The third-order valence-electron chi connectivity index (χ3n) is 4.32. The maximum atomic E-state index is 11.8. The molecule has 12 nitrogen and oxygen atoms in total. The fourth-order valence-corrected chi connectivity index (χ4v) is 3.34. The Morgan fingerprint density at radius 1 is 1.28 bits per heavy atom. The van der Waals surface area contributed by atoms with E-state index in [1.807, 2.05) is 0 Å². The Morgan fingerprint density at radius 3 is 2.41 bits per heavy atom. The van der Waals surface area contributed by atoms with E-state index >= 15 is 0 Å². The van der Waals surface area contributed by atoms with Gasteiger partial charge in [-0.3, -0.25) is 4.55 Å². The van der Waals surface area contributed by atoms with Crippen LogP contribution in [0.4, 0.5) is 0 Å². The largest absolute Gasteiger partial charge is 0.477 e. The Bertz CT molecular complexity index is 784. The van der Waals surface area contributed by atoms with E-state index in [-0.39, 0.29) is 6.61 Å². The van der Waals surface area contributed by atoms with Gasteiger partial charge in [0.2, 0.25) is 0 Å². The number of hydrogen-bond acceptors (Lipinski definition) is 10. The second-order valence-corrected chi connectivity index (χ2v) is 7.46. The molecule has 13 heteroatoms. The van der Waals surface area contributed by atoms with Crippen LogP contribution in [0, 0.1) is 0 Å². The van der Waals surface area contributed by atoms with E-state index in [4.69, 9.17) is 14.0 Å². The summed E-state index contributed by atoms with van der Waals surface area (Å²) in [6.45, 7) is -1.40. The van der Waals surface area contributed by atoms with E-state index in [9.17, 15) is 38.7 Å². The lowest BCUT2D eigenvalue weighted by molar-refractivity contribution is -0.329. The Balaban J connectivity index is 2.27. The minimum atomic E-state index is -5.11. The van der Waals surface area contributed by atoms with Crippen LogP contribution in [0.3, 0.4) is 0 Å². The zero-order valence-corrected chi connectivity index (χ0v) is 15.8.